The van der Waals surface area contributed by atoms with Crippen LogP contribution in [0.3, 0.4) is 0 Å². The summed E-state index contributed by atoms with van der Waals surface area (Å²) in [5.74, 6) is 0.647. The minimum absolute atomic E-state index is 0.0787. The molecule has 0 N–H and O–H groups in total. The Morgan fingerprint density at radius 3 is 2.58 bits per heavy atom. The highest BCUT2D eigenvalue weighted by Gasteiger charge is 2.34. The number of carbonyl (C=O) groups is 1. The Morgan fingerprint density at radius 2 is 2.05 bits per heavy atom. The van der Waals surface area contributed by atoms with E-state index < -0.39 is 0 Å². The SMILES string of the molecule is CC(C)(C)C1CCN(C(=O)c2cc(Cl)cc(Br)c2)C1. The lowest BCUT2D eigenvalue weighted by molar-refractivity contribution is 0.0776. The normalized spacial score (nSPS) is 19.8. The van der Waals surface area contributed by atoms with E-state index in [4.69, 9.17) is 11.6 Å². The Kier molecular flexibility index (Phi) is 4.26. The molecule has 1 amide bonds. The molecule has 1 unspecified atom stereocenters. The molecule has 0 radical (unpaired) electrons. The number of carbonyl (C=O) groups excluding carboxylic acids is 1. The number of rotatable bonds is 1. The van der Waals surface area contributed by atoms with Crippen molar-refractivity contribution in [3.8, 4) is 0 Å². The van der Waals surface area contributed by atoms with E-state index in [1.165, 1.54) is 0 Å². The van der Waals surface area contributed by atoms with Gasteiger partial charge in [-0.3, -0.25) is 4.79 Å². The summed E-state index contributed by atoms with van der Waals surface area (Å²) in [5.41, 5.74) is 0.915. The number of hydrogen-bond acceptors (Lipinski definition) is 1. The molecule has 2 rings (SSSR count). The zero-order chi connectivity index (χ0) is 14.2. The molecule has 1 aliphatic rings. The Labute approximate surface area is 128 Å². The van der Waals surface area contributed by atoms with Crippen LogP contribution < -0.4 is 0 Å². The van der Waals surface area contributed by atoms with Gasteiger partial charge in [0.1, 0.15) is 0 Å². The van der Waals surface area contributed by atoms with Crippen LogP contribution in [-0.4, -0.2) is 23.9 Å². The second-order valence-corrected chi connectivity index (χ2v) is 7.61. The zero-order valence-electron chi connectivity index (χ0n) is 11.5. The molecule has 0 bridgehead atoms. The standard InChI is InChI=1S/C15H19BrClNO/c1-15(2,3)11-4-5-18(9-11)14(19)10-6-12(16)8-13(17)7-10/h6-8,11H,4-5,9H2,1-3H3. The lowest BCUT2D eigenvalue weighted by Gasteiger charge is -2.27. The predicted molar refractivity (Wildman–Crippen MR) is 82.6 cm³/mol. The molecule has 2 nitrogen and oxygen atoms in total. The van der Waals surface area contributed by atoms with Crippen LogP contribution in [0.2, 0.25) is 5.02 Å². The highest BCUT2D eigenvalue weighted by Crippen LogP contribution is 2.34. The van der Waals surface area contributed by atoms with Crippen LogP contribution >= 0.6 is 27.5 Å². The van der Waals surface area contributed by atoms with Crippen molar-refractivity contribution in [3.05, 3.63) is 33.3 Å². The highest BCUT2D eigenvalue weighted by molar-refractivity contribution is 9.10. The molecule has 4 heteroatoms. The first-order chi connectivity index (χ1) is 8.77. The van der Waals surface area contributed by atoms with Gasteiger partial charge in [-0.25, -0.2) is 0 Å². The van der Waals surface area contributed by atoms with Gasteiger partial charge in [0.15, 0.2) is 0 Å². The molecule has 0 saturated carbocycles. The van der Waals surface area contributed by atoms with E-state index >= 15 is 0 Å². The number of likely N-dealkylation sites (tertiary alicyclic amines) is 1. The van der Waals surface area contributed by atoms with Gasteiger partial charge in [-0.2, -0.15) is 0 Å². The molecular weight excluding hydrogens is 326 g/mol. The average Bonchev–Trinajstić information content (AvgIpc) is 2.75. The number of halogens is 2. The summed E-state index contributed by atoms with van der Waals surface area (Å²) in [4.78, 5) is 14.4. The van der Waals surface area contributed by atoms with Crippen molar-refractivity contribution in [3.63, 3.8) is 0 Å². The molecule has 19 heavy (non-hydrogen) atoms. The summed E-state index contributed by atoms with van der Waals surface area (Å²) in [7, 11) is 0. The topological polar surface area (TPSA) is 20.3 Å². The van der Waals surface area contributed by atoms with E-state index in [2.05, 4.69) is 36.7 Å². The van der Waals surface area contributed by atoms with Gasteiger partial charge < -0.3 is 4.90 Å². The largest absolute Gasteiger partial charge is 0.338 e. The van der Waals surface area contributed by atoms with Crippen molar-refractivity contribution in [1.82, 2.24) is 4.90 Å². The van der Waals surface area contributed by atoms with Gasteiger partial charge in [-0.05, 0) is 36.0 Å². The smallest absolute Gasteiger partial charge is 0.253 e. The molecule has 1 fully saturated rings. The van der Waals surface area contributed by atoms with Crippen molar-refractivity contribution in [1.29, 1.82) is 0 Å². The van der Waals surface area contributed by atoms with E-state index in [1.807, 2.05) is 11.0 Å². The molecule has 1 heterocycles. The maximum atomic E-state index is 12.5. The highest BCUT2D eigenvalue weighted by atomic mass is 79.9. The van der Waals surface area contributed by atoms with Crippen LogP contribution in [0.15, 0.2) is 22.7 Å². The van der Waals surface area contributed by atoms with Crippen LogP contribution in [0.25, 0.3) is 0 Å². The van der Waals surface area contributed by atoms with Crippen molar-refractivity contribution < 1.29 is 4.79 Å². The average molecular weight is 345 g/mol. The molecular formula is C15H19BrClNO. The van der Waals surface area contributed by atoms with Crippen LogP contribution in [0.5, 0.6) is 0 Å². The van der Waals surface area contributed by atoms with Crippen molar-refractivity contribution in [2.45, 2.75) is 27.2 Å². The van der Waals surface area contributed by atoms with E-state index in [9.17, 15) is 4.79 Å². The first-order valence-electron chi connectivity index (χ1n) is 6.53. The van der Waals surface area contributed by atoms with Crippen molar-refractivity contribution in [2.75, 3.05) is 13.1 Å². The fourth-order valence-corrected chi connectivity index (χ4v) is 3.37. The van der Waals surface area contributed by atoms with Crippen LogP contribution in [-0.2, 0) is 0 Å². The fraction of sp³-hybridized carbons (Fsp3) is 0.533. The minimum atomic E-state index is 0.0787. The third kappa shape index (κ3) is 3.51. The third-order valence-electron chi connectivity index (χ3n) is 3.81. The van der Waals surface area contributed by atoms with Gasteiger partial charge in [0.2, 0.25) is 0 Å². The maximum Gasteiger partial charge on any atom is 0.253 e. The van der Waals surface area contributed by atoms with Crippen LogP contribution in [0.1, 0.15) is 37.6 Å². The third-order valence-corrected chi connectivity index (χ3v) is 4.49. The number of nitrogens with zero attached hydrogens (tertiary/aromatic N) is 1. The molecule has 104 valence electrons. The Hall–Kier alpha value is -0.540. The summed E-state index contributed by atoms with van der Waals surface area (Å²) in [5, 5.41) is 0.587. The maximum absolute atomic E-state index is 12.5. The summed E-state index contributed by atoms with van der Waals surface area (Å²) < 4.78 is 0.843. The molecule has 1 aromatic rings. The predicted octanol–water partition coefficient (Wildman–Crippen LogP) is 4.61. The molecule has 1 aromatic carbocycles. The van der Waals surface area contributed by atoms with Gasteiger partial charge in [-0.15, -0.1) is 0 Å². The van der Waals surface area contributed by atoms with Gasteiger partial charge in [-0.1, -0.05) is 48.3 Å². The first kappa shape index (κ1) is 14.9. The van der Waals surface area contributed by atoms with Crippen LogP contribution in [0, 0.1) is 11.3 Å². The fourth-order valence-electron chi connectivity index (χ4n) is 2.51. The van der Waals surface area contributed by atoms with E-state index in [1.54, 1.807) is 12.1 Å². The molecule has 0 aromatic heterocycles. The summed E-state index contributed by atoms with van der Waals surface area (Å²) in [6.45, 7) is 8.39. The number of amides is 1. The Balaban J connectivity index is 2.13. The second kappa shape index (κ2) is 5.45. The second-order valence-electron chi connectivity index (χ2n) is 6.26. The van der Waals surface area contributed by atoms with Gasteiger partial charge in [0.25, 0.3) is 5.91 Å². The quantitative estimate of drug-likeness (QED) is 0.728. The molecule has 1 saturated heterocycles. The Morgan fingerprint density at radius 1 is 1.37 bits per heavy atom. The molecule has 1 aliphatic heterocycles. The van der Waals surface area contributed by atoms with Crippen molar-refractivity contribution in [2.24, 2.45) is 11.3 Å². The van der Waals surface area contributed by atoms with Gasteiger partial charge >= 0.3 is 0 Å². The number of benzene rings is 1. The van der Waals surface area contributed by atoms with Gasteiger partial charge in [0, 0.05) is 28.1 Å². The van der Waals surface area contributed by atoms with E-state index in [0.717, 1.165) is 24.0 Å². The zero-order valence-corrected chi connectivity index (χ0v) is 13.9. The lowest BCUT2D eigenvalue weighted by Crippen LogP contribution is -2.31. The van der Waals surface area contributed by atoms with Gasteiger partial charge in [0.05, 0.1) is 0 Å². The number of hydrogen-bond donors (Lipinski definition) is 0. The molecule has 0 spiro atoms. The molecule has 0 aliphatic carbocycles. The molecule has 1 atom stereocenters. The summed E-state index contributed by atoms with van der Waals surface area (Å²) in [6, 6.07) is 5.36. The Bertz CT molecular complexity index is 475. The summed E-state index contributed by atoms with van der Waals surface area (Å²) in [6.07, 6.45) is 1.08. The van der Waals surface area contributed by atoms with E-state index in [-0.39, 0.29) is 11.3 Å². The lowest BCUT2D eigenvalue weighted by atomic mass is 9.80. The first-order valence-corrected chi connectivity index (χ1v) is 7.70. The van der Waals surface area contributed by atoms with Crippen molar-refractivity contribution >= 4 is 33.4 Å². The monoisotopic (exact) mass is 343 g/mol. The summed E-state index contributed by atoms with van der Waals surface area (Å²) >= 11 is 9.38. The minimum Gasteiger partial charge on any atom is -0.338 e. The van der Waals surface area contributed by atoms with E-state index in [0.29, 0.717) is 16.5 Å². The van der Waals surface area contributed by atoms with Crippen LogP contribution in [0.4, 0.5) is 0 Å².